The molecule has 0 bridgehead atoms. The Balaban J connectivity index is 1.74. The standard InChI is InChI=1S/C23H25N3O4/c1-15(27)24-16-11-17-14-30-21-10-6-5-8-19(21)18-7-3-4-9-20(18)23(29)25(2)13-22(28)26(17)12-16/h3-10,16-17H,11-14H2,1-2H3,(H,24,27)/t16-,17+/m1/s1. The Hall–Kier alpha value is -3.35. The Morgan fingerprint density at radius 1 is 1.03 bits per heavy atom. The van der Waals surface area contributed by atoms with Crippen molar-refractivity contribution in [3.05, 3.63) is 54.1 Å². The predicted octanol–water partition coefficient (Wildman–Crippen LogP) is 1.92. The molecular formula is C23H25N3O4. The average Bonchev–Trinajstić information content (AvgIpc) is 3.13. The number of carbonyl (C=O) groups is 3. The summed E-state index contributed by atoms with van der Waals surface area (Å²) in [5, 5.41) is 2.90. The summed E-state index contributed by atoms with van der Waals surface area (Å²) in [4.78, 5) is 40.9. The number of hydrogen-bond donors (Lipinski definition) is 1. The van der Waals surface area contributed by atoms with Gasteiger partial charge in [0, 0.05) is 37.7 Å². The van der Waals surface area contributed by atoms with Gasteiger partial charge in [-0.3, -0.25) is 14.4 Å². The van der Waals surface area contributed by atoms with Gasteiger partial charge in [0.05, 0.1) is 12.6 Å². The number of amides is 3. The van der Waals surface area contributed by atoms with E-state index >= 15 is 0 Å². The molecule has 0 unspecified atom stereocenters. The number of ether oxygens (including phenoxy) is 1. The summed E-state index contributed by atoms with van der Waals surface area (Å²) >= 11 is 0. The lowest BCUT2D eigenvalue weighted by molar-refractivity contribution is -0.133. The SMILES string of the molecule is CC(=O)N[C@@H]1C[C@H]2COc3ccccc3-c3ccccc3C(=O)N(C)CC(=O)N2C1. The summed E-state index contributed by atoms with van der Waals surface area (Å²) in [6, 6.07) is 14.7. The van der Waals surface area contributed by atoms with Gasteiger partial charge in [-0.25, -0.2) is 0 Å². The number of carbonyl (C=O) groups excluding carboxylic acids is 3. The highest BCUT2D eigenvalue weighted by atomic mass is 16.5. The third-order valence-electron chi connectivity index (χ3n) is 5.63. The summed E-state index contributed by atoms with van der Waals surface area (Å²) in [5.74, 6) is 0.165. The van der Waals surface area contributed by atoms with Crippen LogP contribution in [-0.4, -0.2) is 66.3 Å². The van der Waals surface area contributed by atoms with Gasteiger partial charge in [-0.15, -0.1) is 0 Å². The molecule has 1 fully saturated rings. The minimum absolute atomic E-state index is 0.0297. The molecular weight excluding hydrogens is 382 g/mol. The fourth-order valence-electron chi connectivity index (χ4n) is 4.25. The maximum atomic E-state index is 13.2. The molecule has 30 heavy (non-hydrogen) atoms. The van der Waals surface area contributed by atoms with Crippen molar-refractivity contribution in [3.63, 3.8) is 0 Å². The molecule has 2 aromatic rings. The summed E-state index contributed by atoms with van der Waals surface area (Å²) in [5.41, 5.74) is 2.14. The maximum Gasteiger partial charge on any atom is 0.254 e. The predicted molar refractivity (Wildman–Crippen MR) is 112 cm³/mol. The second-order valence-electron chi connectivity index (χ2n) is 7.85. The van der Waals surface area contributed by atoms with E-state index in [4.69, 9.17) is 4.74 Å². The number of rotatable bonds is 1. The van der Waals surface area contributed by atoms with Crippen LogP contribution < -0.4 is 10.1 Å². The van der Waals surface area contributed by atoms with Crippen LogP contribution in [0.4, 0.5) is 0 Å². The second-order valence-corrected chi connectivity index (χ2v) is 7.85. The summed E-state index contributed by atoms with van der Waals surface area (Å²) in [6.07, 6.45) is 0.613. The van der Waals surface area contributed by atoms with Crippen LogP contribution in [0.15, 0.2) is 48.5 Å². The Bertz CT molecular complexity index is 990. The van der Waals surface area contributed by atoms with Gasteiger partial charge >= 0.3 is 0 Å². The lowest BCUT2D eigenvalue weighted by atomic mass is 9.98. The van der Waals surface area contributed by atoms with Crippen molar-refractivity contribution < 1.29 is 19.1 Å². The highest BCUT2D eigenvalue weighted by Crippen LogP contribution is 2.34. The monoisotopic (exact) mass is 407 g/mol. The Kier molecular flexibility index (Phi) is 5.44. The van der Waals surface area contributed by atoms with Gasteiger partial charge < -0.3 is 19.9 Å². The second kappa shape index (κ2) is 8.18. The highest BCUT2D eigenvalue weighted by molar-refractivity contribution is 6.02. The lowest BCUT2D eigenvalue weighted by Crippen LogP contribution is -2.46. The van der Waals surface area contributed by atoms with E-state index in [0.717, 1.165) is 11.1 Å². The largest absolute Gasteiger partial charge is 0.491 e. The van der Waals surface area contributed by atoms with Gasteiger partial charge in [-0.2, -0.15) is 0 Å². The average molecular weight is 407 g/mol. The van der Waals surface area contributed by atoms with E-state index in [9.17, 15) is 14.4 Å². The maximum absolute atomic E-state index is 13.2. The molecule has 2 aliphatic rings. The minimum Gasteiger partial charge on any atom is -0.491 e. The number of benzene rings is 2. The van der Waals surface area contributed by atoms with Crippen LogP contribution in [-0.2, 0) is 9.59 Å². The molecule has 2 aromatic carbocycles. The lowest BCUT2D eigenvalue weighted by Gasteiger charge is -2.28. The van der Waals surface area contributed by atoms with Gasteiger partial charge in [-0.1, -0.05) is 36.4 Å². The third-order valence-corrected chi connectivity index (χ3v) is 5.63. The molecule has 156 valence electrons. The quantitative estimate of drug-likeness (QED) is 0.784. The Morgan fingerprint density at radius 3 is 2.43 bits per heavy atom. The molecule has 0 radical (unpaired) electrons. The van der Waals surface area contributed by atoms with Crippen LogP contribution in [0.1, 0.15) is 23.7 Å². The first-order valence-corrected chi connectivity index (χ1v) is 10.1. The number of para-hydroxylation sites is 1. The van der Waals surface area contributed by atoms with E-state index in [-0.39, 0.29) is 36.3 Å². The molecule has 2 aliphatic heterocycles. The summed E-state index contributed by atoms with van der Waals surface area (Å²) in [6.45, 7) is 2.17. The van der Waals surface area contributed by atoms with Crippen LogP contribution in [0.3, 0.4) is 0 Å². The molecule has 0 aliphatic carbocycles. The van der Waals surface area contributed by atoms with E-state index < -0.39 is 0 Å². The van der Waals surface area contributed by atoms with Gasteiger partial charge in [0.2, 0.25) is 11.8 Å². The number of likely N-dealkylation sites (N-methyl/N-ethyl adjacent to an activating group) is 1. The number of fused-ring (bicyclic) bond motifs is 4. The molecule has 2 heterocycles. The van der Waals surface area contributed by atoms with Crippen LogP contribution in [0.5, 0.6) is 5.75 Å². The summed E-state index contributed by atoms with van der Waals surface area (Å²) < 4.78 is 6.16. The fraction of sp³-hybridized carbons (Fsp3) is 0.348. The van der Waals surface area contributed by atoms with Crippen molar-refractivity contribution in [3.8, 4) is 16.9 Å². The molecule has 2 atom stereocenters. The Morgan fingerprint density at radius 2 is 1.70 bits per heavy atom. The third kappa shape index (κ3) is 3.87. The van der Waals surface area contributed by atoms with Crippen molar-refractivity contribution in [2.24, 2.45) is 0 Å². The van der Waals surface area contributed by atoms with E-state index in [0.29, 0.717) is 30.9 Å². The van der Waals surface area contributed by atoms with Gasteiger partial charge in [0.25, 0.3) is 5.91 Å². The molecule has 7 nitrogen and oxygen atoms in total. The number of nitrogens with zero attached hydrogens (tertiary/aromatic N) is 2. The Labute approximate surface area is 175 Å². The smallest absolute Gasteiger partial charge is 0.254 e. The summed E-state index contributed by atoms with van der Waals surface area (Å²) in [7, 11) is 1.64. The first kappa shape index (κ1) is 19.9. The van der Waals surface area contributed by atoms with E-state index in [1.807, 2.05) is 42.5 Å². The topological polar surface area (TPSA) is 79.0 Å². The van der Waals surface area contributed by atoms with Crippen molar-refractivity contribution in [1.29, 1.82) is 0 Å². The van der Waals surface area contributed by atoms with E-state index in [1.165, 1.54) is 11.8 Å². The van der Waals surface area contributed by atoms with Crippen LogP contribution in [0.25, 0.3) is 11.1 Å². The zero-order chi connectivity index (χ0) is 21.3. The van der Waals surface area contributed by atoms with Crippen LogP contribution >= 0.6 is 0 Å². The van der Waals surface area contributed by atoms with Gasteiger partial charge in [-0.05, 0) is 24.1 Å². The molecule has 0 saturated carbocycles. The van der Waals surface area contributed by atoms with Crippen LogP contribution in [0.2, 0.25) is 0 Å². The number of hydrogen-bond acceptors (Lipinski definition) is 4. The van der Waals surface area contributed by atoms with E-state index in [1.54, 1.807) is 18.0 Å². The fourth-order valence-corrected chi connectivity index (χ4v) is 4.25. The highest BCUT2D eigenvalue weighted by Gasteiger charge is 2.37. The first-order chi connectivity index (χ1) is 14.4. The molecule has 1 N–H and O–H groups in total. The normalized spacial score (nSPS) is 21.5. The molecule has 7 heteroatoms. The van der Waals surface area contributed by atoms with Crippen molar-refractivity contribution in [2.45, 2.75) is 25.4 Å². The first-order valence-electron chi connectivity index (χ1n) is 10.1. The van der Waals surface area contributed by atoms with Gasteiger partial charge in [0.1, 0.15) is 12.4 Å². The molecule has 0 aromatic heterocycles. The zero-order valence-electron chi connectivity index (χ0n) is 17.1. The van der Waals surface area contributed by atoms with Crippen molar-refractivity contribution in [2.75, 3.05) is 26.7 Å². The zero-order valence-corrected chi connectivity index (χ0v) is 17.1. The number of nitrogens with one attached hydrogen (secondary N) is 1. The van der Waals surface area contributed by atoms with Crippen molar-refractivity contribution in [1.82, 2.24) is 15.1 Å². The van der Waals surface area contributed by atoms with Crippen LogP contribution in [0, 0.1) is 0 Å². The van der Waals surface area contributed by atoms with Crippen molar-refractivity contribution >= 4 is 17.7 Å². The molecule has 1 saturated heterocycles. The van der Waals surface area contributed by atoms with E-state index in [2.05, 4.69) is 5.32 Å². The molecule has 4 rings (SSSR count). The minimum atomic E-state index is -0.219. The molecule has 0 spiro atoms. The molecule has 3 amide bonds. The van der Waals surface area contributed by atoms with Gasteiger partial charge in [0.15, 0.2) is 0 Å².